The summed E-state index contributed by atoms with van der Waals surface area (Å²) in [5, 5.41) is 3.40. The zero-order chi connectivity index (χ0) is 11.5. The minimum absolute atomic E-state index is 0.344. The highest BCUT2D eigenvalue weighted by atomic mass is 16.2. The van der Waals surface area contributed by atoms with Crippen LogP contribution >= 0.6 is 0 Å². The number of hydrogen-bond donors (Lipinski definition) is 1. The monoisotopic (exact) mass is 224 g/mol. The molecule has 0 spiro atoms. The van der Waals surface area contributed by atoms with Crippen molar-refractivity contribution in [3.63, 3.8) is 0 Å². The van der Waals surface area contributed by atoms with Gasteiger partial charge in [0.25, 0.3) is 0 Å². The van der Waals surface area contributed by atoms with Crippen LogP contribution in [0.25, 0.3) is 0 Å². The fourth-order valence-electron chi connectivity index (χ4n) is 2.39. The van der Waals surface area contributed by atoms with E-state index in [9.17, 15) is 4.79 Å². The summed E-state index contributed by atoms with van der Waals surface area (Å²) in [5.41, 5.74) is 0. The maximum absolute atomic E-state index is 11.9. The minimum Gasteiger partial charge on any atom is -0.342 e. The number of rotatable bonds is 5. The Bertz CT molecular complexity index is 248. The molecule has 1 atom stereocenters. The molecule has 1 aliphatic carbocycles. The van der Waals surface area contributed by atoms with Gasteiger partial charge >= 0.3 is 0 Å². The lowest BCUT2D eigenvalue weighted by atomic mass is 9.95. The molecule has 92 valence electrons. The zero-order valence-electron chi connectivity index (χ0n) is 10.5. The lowest BCUT2D eigenvalue weighted by molar-refractivity contribution is -0.130. The van der Waals surface area contributed by atoms with Gasteiger partial charge in [-0.25, -0.2) is 0 Å². The van der Waals surface area contributed by atoms with E-state index < -0.39 is 0 Å². The van der Waals surface area contributed by atoms with E-state index in [4.69, 9.17) is 0 Å². The highest BCUT2D eigenvalue weighted by Crippen LogP contribution is 2.24. The van der Waals surface area contributed by atoms with E-state index in [0.29, 0.717) is 18.2 Å². The van der Waals surface area contributed by atoms with Crippen LogP contribution in [0.2, 0.25) is 0 Å². The summed E-state index contributed by atoms with van der Waals surface area (Å²) < 4.78 is 0. The van der Waals surface area contributed by atoms with Crippen LogP contribution in [0.3, 0.4) is 0 Å². The predicted molar refractivity (Wildman–Crippen MR) is 65.2 cm³/mol. The SMILES string of the molecule is CC(C)C1CCN(C(=O)CCNC2CC2)C1. The normalized spacial score (nSPS) is 25.4. The highest BCUT2D eigenvalue weighted by Gasteiger charge is 2.28. The summed E-state index contributed by atoms with van der Waals surface area (Å²) in [6.07, 6.45) is 4.47. The fraction of sp³-hybridized carbons (Fsp3) is 0.923. The molecule has 3 nitrogen and oxygen atoms in total. The Hall–Kier alpha value is -0.570. The van der Waals surface area contributed by atoms with Crippen molar-refractivity contribution in [3.8, 4) is 0 Å². The third-order valence-electron chi connectivity index (χ3n) is 3.87. The van der Waals surface area contributed by atoms with E-state index in [1.165, 1.54) is 19.3 Å². The zero-order valence-corrected chi connectivity index (χ0v) is 10.5. The number of carbonyl (C=O) groups excluding carboxylic acids is 1. The van der Waals surface area contributed by atoms with Crippen LogP contribution in [0.15, 0.2) is 0 Å². The molecule has 0 radical (unpaired) electrons. The van der Waals surface area contributed by atoms with Crippen molar-refractivity contribution in [2.75, 3.05) is 19.6 Å². The second-order valence-corrected chi connectivity index (χ2v) is 5.61. The molecule has 2 fully saturated rings. The molecule has 0 aromatic heterocycles. The van der Waals surface area contributed by atoms with Gasteiger partial charge in [-0.2, -0.15) is 0 Å². The summed E-state index contributed by atoms with van der Waals surface area (Å²) >= 11 is 0. The summed E-state index contributed by atoms with van der Waals surface area (Å²) in [5.74, 6) is 1.78. The molecule has 0 aromatic carbocycles. The van der Waals surface area contributed by atoms with Crippen LogP contribution in [0, 0.1) is 11.8 Å². The maximum Gasteiger partial charge on any atom is 0.223 e. The molecule has 1 N–H and O–H groups in total. The first kappa shape index (κ1) is 11.9. The van der Waals surface area contributed by atoms with E-state index in [0.717, 1.165) is 31.6 Å². The Labute approximate surface area is 98.6 Å². The van der Waals surface area contributed by atoms with Crippen LogP contribution in [0.4, 0.5) is 0 Å². The molecule has 1 saturated heterocycles. The molecular formula is C13H24N2O. The Balaban J connectivity index is 1.65. The molecule has 1 amide bonds. The molecule has 1 unspecified atom stereocenters. The lowest BCUT2D eigenvalue weighted by Crippen LogP contribution is -2.32. The molecular weight excluding hydrogens is 200 g/mol. The summed E-state index contributed by atoms with van der Waals surface area (Å²) in [7, 11) is 0. The van der Waals surface area contributed by atoms with Crippen molar-refractivity contribution in [1.29, 1.82) is 0 Å². The molecule has 1 saturated carbocycles. The first-order chi connectivity index (χ1) is 7.66. The number of hydrogen-bond acceptors (Lipinski definition) is 2. The first-order valence-corrected chi connectivity index (χ1v) is 6.68. The fourth-order valence-corrected chi connectivity index (χ4v) is 2.39. The average molecular weight is 224 g/mol. The van der Waals surface area contributed by atoms with Gasteiger partial charge in [0, 0.05) is 32.1 Å². The highest BCUT2D eigenvalue weighted by molar-refractivity contribution is 5.76. The molecule has 1 aliphatic heterocycles. The van der Waals surface area contributed by atoms with Crippen molar-refractivity contribution < 1.29 is 4.79 Å². The Morgan fingerprint density at radius 2 is 2.12 bits per heavy atom. The van der Waals surface area contributed by atoms with Crippen molar-refractivity contribution in [1.82, 2.24) is 10.2 Å². The van der Waals surface area contributed by atoms with Crippen molar-refractivity contribution in [2.24, 2.45) is 11.8 Å². The third kappa shape index (κ3) is 3.21. The Morgan fingerprint density at radius 1 is 1.38 bits per heavy atom. The molecule has 2 rings (SSSR count). The van der Waals surface area contributed by atoms with Gasteiger partial charge in [-0.3, -0.25) is 4.79 Å². The van der Waals surface area contributed by atoms with Gasteiger partial charge in [-0.15, -0.1) is 0 Å². The van der Waals surface area contributed by atoms with Gasteiger partial charge in [0.05, 0.1) is 0 Å². The van der Waals surface area contributed by atoms with Gasteiger partial charge in [-0.05, 0) is 31.1 Å². The predicted octanol–water partition coefficient (Wildman–Crippen LogP) is 1.63. The third-order valence-corrected chi connectivity index (χ3v) is 3.87. The molecule has 0 aromatic rings. The van der Waals surface area contributed by atoms with Crippen molar-refractivity contribution in [3.05, 3.63) is 0 Å². The van der Waals surface area contributed by atoms with E-state index in [-0.39, 0.29) is 0 Å². The topological polar surface area (TPSA) is 32.3 Å². The standard InChI is InChI=1S/C13H24N2O/c1-10(2)11-6-8-15(9-11)13(16)5-7-14-12-3-4-12/h10-12,14H,3-9H2,1-2H3. The number of amides is 1. The van der Waals surface area contributed by atoms with Crippen LogP contribution < -0.4 is 5.32 Å². The van der Waals surface area contributed by atoms with Crippen LogP contribution in [0.5, 0.6) is 0 Å². The van der Waals surface area contributed by atoms with Crippen LogP contribution in [0.1, 0.15) is 39.5 Å². The number of nitrogens with one attached hydrogen (secondary N) is 1. The summed E-state index contributed by atoms with van der Waals surface area (Å²) in [6.45, 7) is 7.35. The van der Waals surface area contributed by atoms with E-state index >= 15 is 0 Å². The van der Waals surface area contributed by atoms with Gasteiger partial charge in [0.2, 0.25) is 5.91 Å². The van der Waals surface area contributed by atoms with Gasteiger partial charge < -0.3 is 10.2 Å². The molecule has 3 heteroatoms. The van der Waals surface area contributed by atoms with E-state index in [1.807, 2.05) is 0 Å². The second-order valence-electron chi connectivity index (χ2n) is 5.61. The number of nitrogens with zero attached hydrogens (tertiary/aromatic N) is 1. The number of likely N-dealkylation sites (tertiary alicyclic amines) is 1. The minimum atomic E-state index is 0.344. The van der Waals surface area contributed by atoms with Gasteiger partial charge in [0.15, 0.2) is 0 Å². The van der Waals surface area contributed by atoms with Crippen LogP contribution in [-0.4, -0.2) is 36.5 Å². The summed E-state index contributed by atoms with van der Waals surface area (Å²) in [4.78, 5) is 14.0. The van der Waals surface area contributed by atoms with E-state index in [2.05, 4.69) is 24.1 Å². The second kappa shape index (κ2) is 5.17. The first-order valence-electron chi connectivity index (χ1n) is 6.68. The maximum atomic E-state index is 11.9. The van der Waals surface area contributed by atoms with E-state index in [1.54, 1.807) is 0 Å². The quantitative estimate of drug-likeness (QED) is 0.770. The van der Waals surface area contributed by atoms with Gasteiger partial charge in [-0.1, -0.05) is 13.8 Å². The largest absolute Gasteiger partial charge is 0.342 e. The van der Waals surface area contributed by atoms with Crippen molar-refractivity contribution >= 4 is 5.91 Å². The Kier molecular flexibility index (Phi) is 3.85. The lowest BCUT2D eigenvalue weighted by Gasteiger charge is -2.18. The summed E-state index contributed by atoms with van der Waals surface area (Å²) in [6, 6.07) is 0.717. The smallest absolute Gasteiger partial charge is 0.223 e. The molecule has 16 heavy (non-hydrogen) atoms. The number of carbonyl (C=O) groups is 1. The molecule has 0 bridgehead atoms. The van der Waals surface area contributed by atoms with Crippen LogP contribution in [-0.2, 0) is 4.79 Å². The molecule has 1 heterocycles. The molecule has 2 aliphatic rings. The Morgan fingerprint density at radius 3 is 2.69 bits per heavy atom. The van der Waals surface area contributed by atoms with Gasteiger partial charge in [0.1, 0.15) is 0 Å². The average Bonchev–Trinajstić information content (AvgIpc) is 2.93. The van der Waals surface area contributed by atoms with Crippen molar-refractivity contribution in [2.45, 2.75) is 45.6 Å².